The molecule has 11 heavy (non-hydrogen) atoms. The lowest BCUT2D eigenvalue weighted by atomic mass is 9.71. The topological polar surface area (TPSA) is 20.2 Å². The molecule has 0 radical (unpaired) electrons. The van der Waals surface area contributed by atoms with E-state index < -0.39 is 5.60 Å². The lowest BCUT2D eigenvalue weighted by Gasteiger charge is -2.38. The maximum atomic E-state index is 9.93. The van der Waals surface area contributed by atoms with Crippen LogP contribution in [0, 0.1) is 11.3 Å². The Bertz CT molecular complexity index is 119. The Morgan fingerprint density at radius 1 is 1.18 bits per heavy atom. The van der Waals surface area contributed by atoms with Crippen LogP contribution in [0.25, 0.3) is 0 Å². The Hall–Kier alpha value is -0.0400. The van der Waals surface area contributed by atoms with Gasteiger partial charge >= 0.3 is 0 Å². The number of aliphatic hydroxyl groups is 1. The molecule has 0 aromatic rings. The second-order valence-corrected chi connectivity index (χ2v) is 4.80. The van der Waals surface area contributed by atoms with Crippen LogP contribution in [0.5, 0.6) is 0 Å². The molecule has 0 aromatic heterocycles. The SMILES string of the molecule is CCC(C)(O)C(C)C(C)(C)C. The van der Waals surface area contributed by atoms with Crippen molar-refractivity contribution < 1.29 is 5.11 Å². The lowest BCUT2D eigenvalue weighted by molar-refractivity contribution is -0.0412. The van der Waals surface area contributed by atoms with Crippen molar-refractivity contribution in [3.8, 4) is 0 Å². The molecular weight excluding hydrogens is 136 g/mol. The Morgan fingerprint density at radius 3 is 1.64 bits per heavy atom. The van der Waals surface area contributed by atoms with Crippen LogP contribution in [0.15, 0.2) is 0 Å². The van der Waals surface area contributed by atoms with Gasteiger partial charge < -0.3 is 5.11 Å². The van der Waals surface area contributed by atoms with Crippen molar-refractivity contribution in [2.75, 3.05) is 0 Å². The molecule has 1 N–H and O–H groups in total. The zero-order valence-electron chi connectivity index (χ0n) is 8.73. The van der Waals surface area contributed by atoms with E-state index in [4.69, 9.17) is 0 Å². The monoisotopic (exact) mass is 158 g/mol. The first-order valence-corrected chi connectivity index (χ1v) is 4.44. The molecule has 0 aromatic carbocycles. The van der Waals surface area contributed by atoms with Gasteiger partial charge in [-0.1, -0.05) is 34.6 Å². The number of hydrogen-bond donors (Lipinski definition) is 1. The first-order valence-electron chi connectivity index (χ1n) is 4.44. The van der Waals surface area contributed by atoms with Gasteiger partial charge in [0.25, 0.3) is 0 Å². The van der Waals surface area contributed by atoms with Gasteiger partial charge in [0.15, 0.2) is 0 Å². The van der Waals surface area contributed by atoms with Gasteiger partial charge in [-0.3, -0.25) is 0 Å². The molecule has 0 spiro atoms. The van der Waals surface area contributed by atoms with Gasteiger partial charge in [0.2, 0.25) is 0 Å². The highest BCUT2D eigenvalue weighted by molar-refractivity contribution is 4.85. The normalized spacial score (nSPS) is 21.0. The highest BCUT2D eigenvalue weighted by Crippen LogP contribution is 2.35. The molecule has 0 bridgehead atoms. The minimum Gasteiger partial charge on any atom is -0.390 e. The summed E-state index contributed by atoms with van der Waals surface area (Å²) in [6, 6.07) is 0. The fraction of sp³-hybridized carbons (Fsp3) is 1.00. The van der Waals surface area contributed by atoms with Crippen LogP contribution in [0.1, 0.15) is 48.0 Å². The Morgan fingerprint density at radius 2 is 1.55 bits per heavy atom. The van der Waals surface area contributed by atoms with Gasteiger partial charge in [0.05, 0.1) is 5.60 Å². The molecule has 0 aliphatic rings. The summed E-state index contributed by atoms with van der Waals surface area (Å²) in [7, 11) is 0. The summed E-state index contributed by atoms with van der Waals surface area (Å²) in [5, 5.41) is 9.93. The maximum absolute atomic E-state index is 9.93. The first kappa shape index (κ1) is 11.0. The summed E-state index contributed by atoms with van der Waals surface area (Å²) in [6.07, 6.45) is 0.825. The van der Waals surface area contributed by atoms with E-state index in [2.05, 4.69) is 27.7 Å². The van der Waals surface area contributed by atoms with E-state index in [9.17, 15) is 5.11 Å². The third-order valence-corrected chi connectivity index (χ3v) is 2.95. The van der Waals surface area contributed by atoms with Crippen LogP contribution in [-0.4, -0.2) is 10.7 Å². The summed E-state index contributed by atoms with van der Waals surface area (Å²) in [5.74, 6) is 0.333. The van der Waals surface area contributed by atoms with Gasteiger partial charge in [-0.2, -0.15) is 0 Å². The average Bonchev–Trinajstić information content (AvgIpc) is 1.84. The zero-order valence-corrected chi connectivity index (χ0v) is 8.73. The van der Waals surface area contributed by atoms with Crippen molar-refractivity contribution in [1.82, 2.24) is 0 Å². The maximum Gasteiger partial charge on any atom is 0.0647 e. The molecule has 0 saturated carbocycles. The molecule has 0 saturated heterocycles. The zero-order chi connectivity index (χ0) is 9.28. The van der Waals surface area contributed by atoms with Crippen molar-refractivity contribution in [3.63, 3.8) is 0 Å². The van der Waals surface area contributed by atoms with Crippen molar-refractivity contribution >= 4 is 0 Å². The summed E-state index contributed by atoms with van der Waals surface area (Å²) in [4.78, 5) is 0. The highest BCUT2D eigenvalue weighted by Gasteiger charge is 2.34. The van der Waals surface area contributed by atoms with Crippen LogP contribution >= 0.6 is 0 Å². The summed E-state index contributed by atoms with van der Waals surface area (Å²) >= 11 is 0. The molecule has 0 heterocycles. The third kappa shape index (κ3) is 2.82. The molecule has 1 heteroatoms. The minimum absolute atomic E-state index is 0.194. The van der Waals surface area contributed by atoms with E-state index >= 15 is 0 Å². The average molecular weight is 158 g/mol. The van der Waals surface area contributed by atoms with E-state index in [1.165, 1.54) is 0 Å². The Labute approximate surface area is 70.8 Å². The van der Waals surface area contributed by atoms with E-state index in [0.29, 0.717) is 5.92 Å². The molecule has 2 atom stereocenters. The van der Waals surface area contributed by atoms with Crippen molar-refractivity contribution in [3.05, 3.63) is 0 Å². The predicted octanol–water partition coefficient (Wildman–Crippen LogP) is 2.83. The van der Waals surface area contributed by atoms with Gasteiger partial charge in [0, 0.05) is 0 Å². The van der Waals surface area contributed by atoms with Gasteiger partial charge in [-0.15, -0.1) is 0 Å². The van der Waals surface area contributed by atoms with E-state index in [1.807, 2.05) is 13.8 Å². The Balaban J connectivity index is 4.35. The molecular formula is C10H22O. The van der Waals surface area contributed by atoms with E-state index in [1.54, 1.807) is 0 Å². The van der Waals surface area contributed by atoms with Crippen LogP contribution in [0.4, 0.5) is 0 Å². The van der Waals surface area contributed by atoms with E-state index in [0.717, 1.165) is 6.42 Å². The standard InChI is InChI=1S/C10H22O/c1-7-10(6,11)8(2)9(3,4)5/h8,11H,7H2,1-6H3. The van der Waals surface area contributed by atoms with Gasteiger partial charge in [-0.05, 0) is 24.7 Å². The largest absolute Gasteiger partial charge is 0.390 e. The summed E-state index contributed by atoms with van der Waals surface area (Å²) < 4.78 is 0. The van der Waals surface area contributed by atoms with Gasteiger partial charge in [0.1, 0.15) is 0 Å². The summed E-state index contributed by atoms with van der Waals surface area (Å²) in [5.41, 5.74) is -0.322. The second-order valence-electron chi connectivity index (χ2n) is 4.80. The second kappa shape index (κ2) is 3.14. The summed E-state index contributed by atoms with van der Waals surface area (Å²) in [6.45, 7) is 12.6. The lowest BCUT2D eigenvalue weighted by Crippen LogP contribution is -2.39. The number of rotatable bonds is 2. The van der Waals surface area contributed by atoms with Crippen LogP contribution in [-0.2, 0) is 0 Å². The van der Waals surface area contributed by atoms with Gasteiger partial charge in [-0.25, -0.2) is 0 Å². The Kier molecular flexibility index (Phi) is 3.13. The number of hydrogen-bond acceptors (Lipinski definition) is 1. The minimum atomic E-state index is -0.516. The fourth-order valence-corrected chi connectivity index (χ4v) is 1.24. The molecule has 0 aliphatic heterocycles. The van der Waals surface area contributed by atoms with E-state index in [-0.39, 0.29) is 5.41 Å². The molecule has 0 amide bonds. The molecule has 0 aliphatic carbocycles. The quantitative estimate of drug-likeness (QED) is 0.655. The first-order chi connectivity index (χ1) is 4.72. The van der Waals surface area contributed by atoms with Crippen LogP contribution in [0.2, 0.25) is 0 Å². The molecule has 0 fully saturated rings. The molecule has 1 nitrogen and oxygen atoms in total. The smallest absolute Gasteiger partial charge is 0.0647 e. The fourth-order valence-electron chi connectivity index (χ4n) is 1.24. The van der Waals surface area contributed by atoms with Crippen LogP contribution in [0.3, 0.4) is 0 Å². The predicted molar refractivity (Wildman–Crippen MR) is 49.5 cm³/mol. The van der Waals surface area contributed by atoms with Crippen LogP contribution < -0.4 is 0 Å². The van der Waals surface area contributed by atoms with Crippen molar-refractivity contribution in [2.45, 2.75) is 53.6 Å². The molecule has 0 rings (SSSR count). The van der Waals surface area contributed by atoms with Crippen molar-refractivity contribution in [1.29, 1.82) is 0 Å². The molecule has 68 valence electrons. The third-order valence-electron chi connectivity index (χ3n) is 2.95. The molecule has 2 unspecified atom stereocenters. The highest BCUT2D eigenvalue weighted by atomic mass is 16.3. The van der Waals surface area contributed by atoms with Crippen molar-refractivity contribution in [2.24, 2.45) is 11.3 Å².